The van der Waals surface area contributed by atoms with Crippen molar-refractivity contribution < 1.29 is 9.59 Å². The summed E-state index contributed by atoms with van der Waals surface area (Å²) in [6.45, 7) is 4.03. The molecule has 1 aromatic heterocycles. The second-order valence-corrected chi connectivity index (χ2v) is 7.40. The van der Waals surface area contributed by atoms with Crippen molar-refractivity contribution in [3.63, 3.8) is 0 Å². The minimum atomic E-state index is -0.0941. The Labute approximate surface area is 164 Å². The topological polar surface area (TPSA) is 65.2 Å². The predicted octanol–water partition coefficient (Wildman–Crippen LogP) is 4.03. The first-order valence-corrected chi connectivity index (χ1v) is 9.87. The second-order valence-electron chi connectivity index (χ2n) is 7.40. The number of aryl methyl sites for hydroxylation is 1. The standard InChI is InChI=1S/C23H25N3O2/c1-16-21(19-7-3-4-8-20(19)25-16)22(27)24-15-17-9-11-18(12-10-17)23(28)26-13-5-2-6-14-26/h3-4,7-12,25H,2,5-6,13-15H2,1H3,(H,24,27). The molecule has 0 radical (unpaired) electrons. The quantitative estimate of drug-likeness (QED) is 0.723. The number of nitrogens with zero attached hydrogens (tertiary/aromatic N) is 1. The van der Waals surface area contributed by atoms with Crippen molar-refractivity contribution >= 4 is 22.7 Å². The molecule has 2 heterocycles. The zero-order valence-corrected chi connectivity index (χ0v) is 16.1. The number of piperidine rings is 1. The highest BCUT2D eigenvalue weighted by Crippen LogP contribution is 2.22. The number of benzene rings is 2. The lowest BCUT2D eigenvalue weighted by Gasteiger charge is -2.26. The van der Waals surface area contributed by atoms with E-state index in [1.165, 1.54) is 6.42 Å². The first-order valence-electron chi connectivity index (χ1n) is 9.87. The summed E-state index contributed by atoms with van der Waals surface area (Å²) in [5.41, 5.74) is 4.20. The highest BCUT2D eigenvalue weighted by molar-refractivity contribution is 6.08. The number of H-pyrrole nitrogens is 1. The number of fused-ring (bicyclic) bond motifs is 1. The van der Waals surface area contributed by atoms with Crippen LogP contribution in [-0.2, 0) is 6.54 Å². The fourth-order valence-electron chi connectivity index (χ4n) is 3.88. The number of aromatic nitrogens is 1. The highest BCUT2D eigenvalue weighted by Gasteiger charge is 2.18. The van der Waals surface area contributed by atoms with Gasteiger partial charge >= 0.3 is 0 Å². The molecule has 1 fully saturated rings. The summed E-state index contributed by atoms with van der Waals surface area (Å²) >= 11 is 0. The number of carbonyl (C=O) groups is 2. The molecule has 4 rings (SSSR count). The van der Waals surface area contributed by atoms with Crippen LogP contribution in [0.4, 0.5) is 0 Å². The zero-order valence-electron chi connectivity index (χ0n) is 16.1. The lowest BCUT2D eigenvalue weighted by Crippen LogP contribution is -2.35. The van der Waals surface area contributed by atoms with E-state index in [0.717, 1.165) is 48.1 Å². The van der Waals surface area contributed by atoms with Gasteiger partial charge in [-0.15, -0.1) is 0 Å². The van der Waals surface area contributed by atoms with E-state index in [9.17, 15) is 9.59 Å². The van der Waals surface area contributed by atoms with Crippen LogP contribution in [-0.4, -0.2) is 34.8 Å². The van der Waals surface area contributed by atoms with Crippen molar-refractivity contribution in [3.8, 4) is 0 Å². The summed E-state index contributed by atoms with van der Waals surface area (Å²) in [7, 11) is 0. The summed E-state index contributed by atoms with van der Waals surface area (Å²) in [6, 6.07) is 15.4. The van der Waals surface area contributed by atoms with Gasteiger partial charge in [0, 0.05) is 41.8 Å². The van der Waals surface area contributed by atoms with Gasteiger partial charge in [0.1, 0.15) is 0 Å². The van der Waals surface area contributed by atoms with Gasteiger partial charge in [-0.05, 0) is 49.9 Å². The third-order valence-electron chi connectivity index (χ3n) is 5.42. The Balaban J connectivity index is 1.41. The van der Waals surface area contributed by atoms with Gasteiger partial charge in [0.2, 0.25) is 0 Å². The van der Waals surface area contributed by atoms with Crippen LogP contribution in [0.1, 0.15) is 51.2 Å². The van der Waals surface area contributed by atoms with Crippen molar-refractivity contribution in [1.29, 1.82) is 0 Å². The molecule has 0 bridgehead atoms. The molecule has 5 nitrogen and oxygen atoms in total. The first kappa shape index (κ1) is 18.3. The molecule has 2 aromatic carbocycles. The Kier molecular flexibility index (Phi) is 5.15. The number of amides is 2. The van der Waals surface area contributed by atoms with E-state index < -0.39 is 0 Å². The average molecular weight is 375 g/mol. The monoisotopic (exact) mass is 375 g/mol. The first-order chi connectivity index (χ1) is 13.6. The van der Waals surface area contributed by atoms with Crippen molar-refractivity contribution in [2.24, 2.45) is 0 Å². The molecule has 1 aliphatic heterocycles. The van der Waals surface area contributed by atoms with Gasteiger partial charge in [-0.25, -0.2) is 0 Å². The molecule has 5 heteroatoms. The number of para-hydroxylation sites is 1. The summed E-state index contributed by atoms with van der Waals surface area (Å²) in [6.07, 6.45) is 3.38. The summed E-state index contributed by atoms with van der Waals surface area (Å²) < 4.78 is 0. The molecule has 3 aromatic rings. The third-order valence-corrected chi connectivity index (χ3v) is 5.42. The van der Waals surface area contributed by atoms with E-state index in [0.29, 0.717) is 17.7 Å². The van der Waals surface area contributed by atoms with E-state index >= 15 is 0 Å². The van der Waals surface area contributed by atoms with Crippen LogP contribution in [0.3, 0.4) is 0 Å². The smallest absolute Gasteiger partial charge is 0.253 e. The molecule has 28 heavy (non-hydrogen) atoms. The van der Waals surface area contributed by atoms with Gasteiger partial charge in [0.05, 0.1) is 5.56 Å². The molecule has 0 atom stereocenters. The Hall–Kier alpha value is -3.08. The number of aromatic amines is 1. The maximum absolute atomic E-state index is 12.7. The number of carbonyl (C=O) groups excluding carboxylic acids is 2. The largest absolute Gasteiger partial charge is 0.358 e. The predicted molar refractivity (Wildman–Crippen MR) is 110 cm³/mol. The van der Waals surface area contributed by atoms with Crippen LogP contribution in [0.5, 0.6) is 0 Å². The lowest BCUT2D eigenvalue weighted by atomic mass is 10.1. The van der Waals surface area contributed by atoms with Gasteiger partial charge in [0.15, 0.2) is 0 Å². The van der Waals surface area contributed by atoms with Gasteiger partial charge < -0.3 is 15.2 Å². The van der Waals surface area contributed by atoms with Crippen LogP contribution in [0, 0.1) is 6.92 Å². The lowest BCUT2D eigenvalue weighted by molar-refractivity contribution is 0.0724. The van der Waals surface area contributed by atoms with E-state index in [4.69, 9.17) is 0 Å². The fourth-order valence-corrected chi connectivity index (χ4v) is 3.88. The minimum absolute atomic E-state index is 0.0941. The highest BCUT2D eigenvalue weighted by atomic mass is 16.2. The Morgan fingerprint density at radius 2 is 1.71 bits per heavy atom. The van der Waals surface area contributed by atoms with Crippen molar-refractivity contribution in [3.05, 3.63) is 70.9 Å². The fraction of sp³-hybridized carbons (Fsp3) is 0.304. The van der Waals surface area contributed by atoms with Gasteiger partial charge in [-0.1, -0.05) is 30.3 Å². The molecule has 0 saturated carbocycles. The van der Waals surface area contributed by atoms with Gasteiger partial charge in [-0.2, -0.15) is 0 Å². The van der Waals surface area contributed by atoms with Gasteiger partial charge in [-0.3, -0.25) is 9.59 Å². The molecule has 0 aliphatic carbocycles. The normalized spacial score (nSPS) is 14.2. The van der Waals surface area contributed by atoms with E-state index in [1.54, 1.807) is 0 Å². The van der Waals surface area contributed by atoms with Crippen LogP contribution < -0.4 is 5.32 Å². The molecule has 0 unspecified atom stereocenters. The van der Waals surface area contributed by atoms with Gasteiger partial charge in [0.25, 0.3) is 11.8 Å². The molecular formula is C23H25N3O2. The second kappa shape index (κ2) is 7.89. The molecule has 0 spiro atoms. The van der Waals surface area contributed by atoms with E-state index in [2.05, 4.69) is 10.3 Å². The minimum Gasteiger partial charge on any atom is -0.358 e. The summed E-state index contributed by atoms with van der Waals surface area (Å²) in [4.78, 5) is 30.4. The van der Waals surface area contributed by atoms with Crippen LogP contribution in [0.2, 0.25) is 0 Å². The molecular weight excluding hydrogens is 350 g/mol. The van der Waals surface area contributed by atoms with Crippen LogP contribution >= 0.6 is 0 Å². The molecule has 1 saturated heterocycles. The van der Waals surface area contributed by atoms with E-state index in [1.807, 2.05) is 60.4 Å². The number of rotatable bonds is 4. The van der Waals surface area contributed by atoms with Crippen LogP contribution in [0.15, 0.2) is 48.5 Å². The van der Waals surface area contributed by atoms with Crippen LogP contribution in [0.25, 0.3) is 10.9 Å². The summed E-state index contributed by atoms with van der Waals surface area (Å²) in [5.74, 6) is 0.00752. The SMILES string of the molecule is Cc1[nH]c2ccccc2c1C(=O)NCc1ccc(C(=O)N2CCCCC2)cc1. The Morgan fingerprint density at radius 1 is 1.00 bits per heavy atom. The number of nitrogens with one attached hydrogen (secondary N) is 2. The summed E-state index contributed by atoms with van der Waals surface area (Å²) in [5, 5.41) is 3.92. The van der Waals surface area contributed by atoms with Crippen molar-refractivity contribution in [2.45, 2.75) is 32.7 Å². The molecule has 1 aliphatic rings. The average Bonchev–Trinajstić information content (AvgIpc) is 3.08. The van der Waals surface area contributed by atoms with E-state index in [-0.39, 0.29) is 11.8 Å². The maximum Gasteiger partial charge on any atom is 0.253 e. The Morgan fingerprint density at radius 3 is 2.46 bits per heavy atom. The Bertz CT molecular complexity index is 998. The van der Waals surface area contributed by atoms with Crippen molar-refractivity contribution in [1.82, 2.24) is 15.2 Å². The maximum atomic E-state index is 12.7. The number of hydrogen-bond acceptors (Lipinski definition) is 2. The zero-order chi connectivity index (χ0) is 19.5. The molecule has 2 N–H and O–H groups in total. The number of hydrogen-bond donors (Lipinski definition) is 2. The third kappa shape index (κ3) is 3.65. The van der Waals surface area contributed by atoms with Crippen molar-refractivity contribution in [2.75, 3.05) is 13.1 Å². The molecule has 2 amide bonds. The number of likely N-dealkylation sites (tertiary alicyclic amines) is 1. The molecule has 144 valence electrons.